The molecule has 3 rings (SSSR count). The van der Waals surface area contributed by atoms with E-state index in [0.717, 1.165) is 12.1 Å². The van der Waals surface area contributed by atoms with Gasteiger partial charge in [0, 0.05) is 31.7 Å². The molecule has 154 valence electrons. The van der Waals surface area contributed by atoms with Crippen LogP contribution in [0.15, 0.2) is 28.8 Å². The highest BCUT2D eigenvalue weighted by Crippen LogP contribution is 2.31. The van der Waals surface area contributed by atoms with Gasteiger partial charge < -0.3 is 9.42 Å². The van der Waals surface area contributed by atoms with E-state index in [4.69, 9.17) is 9.78 Å². The second-order valence-corrected chi connectivity index (χ2v) is 7.38. The molecule has 7 nitrogen and oxygen atoms in total. The Hall–Kier alpha value is -2.58. The standard InChI is InChI=1S/C18H18F3N5O2S/c19-18(20,21)14-3-1-2-13(10-14)17-23-15(28-24-17)11-25-5-7-26(8-6-25)16(27)12-29-9-4-22/h1-3,10H,5-9,11-12H2. The number of halogens is 3. The number of carbonyl (C=O) groups is 1. The highest BCUT2D eigenvalue weighted by atomic mass is 32.2. The number of aromatic nitrogens is 2. The van der Waals surface area contributed by atoms with Gasteiger partial charge in [0.2, 0.25) is 17.6 Å². The Labute approximate surface area is 169 Å². The topological polar surface area (TPSA) is 86.3 Å². The third-order valence-corrected chi connectivity index (χ3v) is 5.18. The number of nitriles is 1. The maximum absolute atomic E-state index is 12.9. The molecule has 1 saturated heterocycles. The number of nitrogens with zero attached hydrogens (tertiary/aromatic N) is 5. The molecule has 0 atom stereocenters. The molecule has 1 aromatic carbocycles. The lowest BCUT2D eigenvalue weighted by Gasteiger charge is -2.33. The molecule has 1 aromatic heterocycles. The van der Waals surface area contributed by atoms with Gasteiger partial charge in [-0.05, 0) is 12.1 Å². The predicted molar refractivity (Wildman–Crippen MR) is 99.5 cm³/mol. The van der Waals surface area contributed by atoms with E-state index in [1.807, 2.05) is 11.0 Å². The van der Waals surface area contributed by atoms with E-state index in [2.05, 4.69) is 10.1 Å². The van der Waals surface area contributed by atoms with Crippen molar-refractivity contribution < 1.29 is 22.5 Å². The van der Waals surface area contributed by atoms with E-state index in [1.54, 1.807) is 4.90 Å². The number of benzene rings is 1. The van der Waals surface area contributed by atoms with Crippen LogP contribution in [-0.4, -0.2) is 63.5 Å². The number of alkyl halides is 3. The van der Waals surface area contributed by atoms with E-state index in [-0.39, 0.29) is 28.8 Å². The molecule has 1 fully saturated rings. The van der Waals surface area contributed by atoms with Crippen LogP contribution in [0.2, 0.25) is 0 Å². The molecule has 2 aromatic rings. The van der Waals surface area contributed by atoms with Gasteiger partial charge in [0.15, 0.2) is 0 Å². The molecule has 2 heterocycles. The van der Waals surface area contributed by atoms with Gasteiger partial charge in [0.25, 0.3) is 0 Å². The number of hydrogen-bond acceptors (Lipinski definition) is 7. The fraction of sp³-hybridized carbons (Fsp3) is 0.444. The fourth-order valence-corrected chi connectivity index (χ4v) is 3.44. The van der Waals surface area contributed by atoms with Crippen LogP contribution in [-0.2, 0) is 17.5 Å². The summed E-state index contributed by atoms with van der Waals surface area (Å²) < 4.78 is 43.8. The third kappa shape index (κ3) is 5.71. The van der Waals surface area contributed by atoms with Crippen LogP contribution in [0.4, 0.5) is 13.2 Å². The Morgan fingerprint density at radius 1 is 1.28 bits per heavy atom. The van der Waals surface area contributed by atoms with Crippen LogP contribution >= 0.6 is 11.8 Å². The SMILES string of the molecule is N#CCSCC(=O)N1CCN(Cc2nc(-c3cccc(C(F)(F)F)c3)no2)CC1. The van der Waals surface area contributed by atoms with Crippen LogP contribution in [0.3, 0.4) is 0 Å². The minimum absolute atomic E-state index is 0.00882. The molecule has 0 aliphatic carbocycles. The Morgan fingerprint density at radius 3 is 2.72 bits per heavy atom. The zero-order valence-electron chi connectivity index (χ0n) is 15.4. The van der Waals surface area contributed by atoms with Crippen LogP contribution in [0.25, 0.3) is 11.4 Å². The van der Waals surface area contributed by atoms with Gasteiger partial charge in [-0.15, -0.1) is 11.8 Å². The van der Waals surface area contributed by atoms with Crippen LogP contribution in [0, 0.1) is 11.3 Å². The van der Waals surface area contributed by atoms with Gasteiger partial charge in [0.05, 0.1) is 29.7 Å². The van der Waals surface area contributed by atoms with E-state index in [1.165, 1.54) is 23.9 Å². The molecule has 29 heavy (non-hydrogen) atoms. The molecule has 0 radical (unpaired) electrons. The number of rotatable bonds is 6. The minimum atomic E-state index is -4.44. The molecule has 0 spiro atoms. The lowest BCUT2D eigenvalue weighted by Crippen LogP contribution is -2.48. The third-order valence-electron chi connectivity index (χ3n) is 4.39. The summed E-state index contributed by atoms with van der Waals surface area (Å²) in [6.45, 7) is 2.71. The Balaban J connectivity index is 1.54. The van der Waals surface area contributed by atoms with Crippen molar-refractivity contribution in [3.8, 4) is 17.5 Å². The first kappa shape index (κ1) is 21.1. The van der Waals surface area contributed by atoms with Crippen LogP contribution in [0.5, 0.6) is 0 Å². The van der Waals surface area contributed by atoms with Crippen molar-refractivity contribution in [2.45, 2.75) is 12.7 Å². The van der Waals surface area contributed by atoms with Gasteiger partial charge in [0.1, 0.15) is 0 Å². The van der Waals surface area contributed by atoms with Gasteiger partial charge in [-0.1, -0.05) is 17.3 Å². The molecule has 0 saturated carbocycles. The average molecular weight is 425 g/mol. The first-order chi connectivity index (χ1) is 13.9. The van der Waals surface area contributed by atoms with Gasteiger partial charge in [-0.2, -0.15) is 23.4 Å². The van der Waals surface area contributed by atoms with Crippen molar-refractivity contribution in [3.63, 3.8) is 0 Å². The number of thioether (sulfide) groups is 1. The summed E-state index contributed by atoms with van der Waals surface area (Å²) in [6.07, 6.45) is -4.44. The summed E-state index contributed by atoms with van der Waals surface area (Å²) in [5, 5.41) is 12.3. The van der Waals surface area contributed by atoms with Crippen molar-refractivity contribution in [1.29, 1.82) is 5.26 Å². The quantitative estimate of drug-likeness (QED) is 0.658. The van der Waals surface area contributed by atoms with E-state index >= 15 is 0 Å². The van der Waals surface area contributed by atoms with Crippen molar-refractivity contribution in [2.75, 3.05) is 37.7 Å². The van der Waals surface area contributed by atoms with E-state index in [0.29, 0.717) is 38.6 Å². The number of carbonyl (C=O) groups excluding carboxylic acids is 1. The van der Waals surface area contributed by atoms with Gasteiger partial charge in [-0.25, -0.2) is 0 Å². The molecule has 1 aliphatic rings. The smallest absolute Gasteiger partial charge is 0.339 e. The average Bonchev–Trinajstić information content (AvgIpc) is 3.17. The second kappa shape index (κ2) is 9.28. The highest BCUT2D eigenvalue weighted by Gasteiger charge is 2.31. The maximum atomic E-state index is 12.9. The normalized spacial score (nSPS) is 15.3. The summed E-state index contributed by atoms with van der Waals surface area (Å²) in [4.78, 5) is 20.0. The molecule has 0 bridgehead atoms. The summed E-state index contributed by atoms with van der Waals surface area (Å²) in [6, 6.07) is 6.77. The molecule has 11 heteroatoms. The van der Waals surface area contributed by atoms with Crippen LogP contribution in [0.1, 0.15) is 11.5 Å². The molecule has 1 aliphatic heterocycles. The lowest BCUT2D eigenvalue weighted by atomic mass is 10.1. The Kier molecular flexibility index (Phi) is 6.76. The molecular weight excluding hydrogens is 407 g/mol. The summed E-state index contributed by atoms with van der Waals surface area (Å²) >= 11 is 1.29. The van der Waals surface area contributed by atoms with Crippen molar-refractivity contribution in [1.82, 2.24) is 19.9 Å². The lowest BCUT2D eigenvalue weighted by molar-refractivity contribution is -0.137. The Bertz CT molecular complexity index is 888. The van der Waals surface area contributed by atoms with Gasteiger partial charge in [-0.3, -0.25) is 9.69 Å². The molecule has 1 amide bonds. The number of hydrogen-bond donors (Lipinski definition) is 0. The van der Waals surface area contributed by atoms with Gasteiger partial charge >= 0.3 is 6.18 Å². The van der Waals surface area contributed by atoms with Crippen molar-refractivity contribution >= 4 is 17.7 Å². The molecular formula is C18H18F3N5O2S. The van der Waals surface area contributed by atoms with Crippen molar-refractivity contribution in [2.24, 2.45) is 0 Å². The van der Waals surface area contributed by atoms with Crippen molar-refractivity contribution in [3.05, 3.63) is 35.7 Å². The zero-order chi connectivity index (χ0) is 20.9. The first-order valence-corrected chi connectivity index (χ1v) is 9.97. The predicted octanol–water partition coefficient (Wildman–Crippen LogP) is 2.66. The first-order valence-electron chi connectivity index (χ1n) is 8.82. The number of amides is 1. The summed E-state index contributed by atoms with van der Waals surface area (Å²) in [7, 11) is 0. The van der Waals surface area contributed by atoms with E-state index in [9.17, 15) is 18.0 Å². The Morgan fingerprint density at radius 2 is 2.03 bits per heavy atom. The summed E-state index contributed by atoms with van der Waals surface area (Å²) in [5.41, 5.74) is -0.532. The summed E-state index contributed by atoms with van der Waals surface area (Å²) in [5.74, 6) is 1.000. The molecule has 0 N–H and O–H groups in total. The maximum Gasteiger partial charge on any atom is 0.416 e. The minimum Gasteiger partial charge on any atom is -0.339 e. The highest BCUT2D eigenvalue weighted by molar-refractivity contribution is 8.00. The zero-order valence-corrected chi connectivity index (χ0v) is 16.2. The van der Waals surface area contributed by atoms with Crippen LogP contribution < -0.4 is 0 Å². The van der Waals surface area contributed by atoms with E-state index < -0.39 is 11.7 Å². The largest absolute Gasteiger partial charge is 0.416 e. The second-order valence-electron chi connectivity index (χ2n) is 6.40. The fourth-order valence-electron chi connectivity index (χ4n) is 2.89. The number of piperazine rings is 1. The monoisotopic (exact) mass is 425 g/mol. The molecule has 0 unspecified atom stereocenters.